The summed E-state index contributed by atoms with van der Waals surface area (Å²) in [4.78, 5) is 26.9. The fraction of sp³-hybridized carbons (Fsp3) is 0.190. The quantitative estimate of drug-likeness (QED) is 0.346. The third-order valence-electron chi connectivity index (χ3n) is 4.16. The predicted molar refractivity (Wildman–Crippen MR) is 124 cm³/mol. The molecule has 6 nitrogen and oxygen atoms in total. The summed E-state index contributed by atoms with van der Waals surface area (Å²) in [6, 6.07) is 10.2. The maximum atomic E-state index is 13.2. The standard InChI is InChI=1S/C21H18BrClN2O4S/c1-3-28-17-10-12(14(22)11-18(17)29-4-2)9-13-19(26)24-21(30)25(20(13)27)16-8-6-5-7-15(16)23/h5-11H,3-4H2,1-2H3,(H,24,26,30)/b13-9+. The van der Waals surface area contributed by atoms with E-state index in [9.17, 15) is 9.59 Å². The van der Waals surface area contributed by atoms with Gasteiger partial charge in [0.2, 0.25) is 0 Å². The van der Waals surface area contributed by atoms with Crippen molar-refractivity contribution in [3.05, 3.63) is 57.0 Å². The van der Waals surface area contributed by atoms with E-state index in [0.29, 0.717) is 45.5 Å². The summed E-state index contributed by atoms with van der Waals surface area (Å²) < 4.78 is 11.9. The van der Waals surface area contributed by atoms with Crippen LogP contribution in [0.1, 0.15) is 19.4 Å². The molecule has 0 spiro atoms. The molecule has 1 N–H and O–H groups in total. The second-order valence-electron chi connectivity index (χ2n) is 6.10. The minimum absolute atomic E-state index is 0.0315. The van der Waals surface area contributed by atoms with E-state index in [1.165, 1.54) is 11.0 Å². The van der Waals surface area contributed by atoms with E-state index in [1.54, 1.807) is 36.4 Å². The molecule has 30 heavy (non-hydrogen) atoms. The summed E-state index contributed by atoms with van der Waals surface area (Å²) in [6.07, 6.45) is 1.48. The average molecular weight is 510 g/mol. The molecule has 1 heterocycles. The zero-order valence-corrected chi connectivity index (χ0v) is 19.4. The molecule has 3 rings (SSSR count). The maximum Gasteiger partial charge on any atom is 0.270 e. The number of thiocarbonyl (C=S) groups is 1. The molecule has 9 heteroatoms. The van der Waals surface area contributed by atoms with E-state index in [2.05, 4.69) is 21.2 Å². The Morgan fingerprint density at radius 2 is 1.77 bits per heavy atom. The molecule has 1 saturated heterocycles. The van der Waals surface area contributed by atoms with Crippen molar-refractivity contribution >= 4 is 68.4 Å². The van der Waals surface area contributed by atoms with Crippen LogP contribution in [0.5, 0.6) is 11.5 Å². The molecule has 1 aliphatic rings. The number of hydrogen-bond acceptors (Lipinski definition) is 5. The topological polar surface area (TPSA) is 67.9 Å². The van der Waals surface area contributed by atoms with E-state index < -0.39 is 11.8 Å². The van der Waals surface area contributed by atoms with Gasteiger partial charge in [0.05, 0.1) is 23.9 Å². The highest BCUT2D eigenvalue weighted by molar-refractivity contribution is 9.10. The zero-order chi connectivity index (χ0) is 21.8. The van der Waals surface area contributed by atoms with Gasteiger partial charge in [0, 0.05) is 4.47 Å². The molecule has 0 atom stereocenters. The van der Waals surface area contributed by atoms with Crippen molar-refractivity contribution in [3.8, 4) is 11.5 Å². The number of nitrogens with zero attached hydrogens (tertiary/aromatic N) is 1. The molecular formula is C21H18BrClN2O4S. The molecule has 1 aliphatic heterocycles. The number of para-hydroxylation sites is 1. The van der Waals surface area contributed by atoms with E-state index >= 15 is 0 Å². The lowest BCUT2D eigenvalue weighted by Crippen LogP contribution is -2.54. The average Bonchev–Trinajstić information content (AvgIpc) is 2.69. The smallest absolute Gasteiger partial charge is 0.270 e. The molecule has 0 bridgehead atoms. The predicted octanol–water partition coefficient (Wildman–Crippen LogP) is 4.73. The van der Waals surface area contributed by atoms with Crippen LogP contribution in [0.2, 0.25) is 5.02 Å². The van der Waals surface area contributed by atoms with Gasteiger partial charge >= 0.3 is 0 Å². The summed E-state index contributed by atoms with van der Waals surface area (Å²) in [7, 11) is 0. The first-order valence-corrected chi connectivity index (χ1v) is 10.7. The van der Waals surface area contributed by atoms with Crippen LogP contribution in [-0.4, -0.2) is 30.1 Å². The number of amides is 2. The minimum atomic E-state index is -0.591. The molecule has 1 fully saturated rings. The molecule has 2 aromatic carbocycles. The molecule has 2 amide bonds. The van der Waals surface area contributed by atoms with Gasteiger partial charge in [0.25, 0.3) is 11.8 Å². The Hall–Kier alpha value is -2.42. The SMILES string of the molecule is CCOc1cc(Br)c(/C=C2\C(=O)NC(=S)N(c3ccccc3Cl)C2=O)cc1OCC. The van der Waals surface area contributed by atoms with Crippen LogP contribution in [0.3, 0.4) is 0 Å². The lowest BCUT2D eigenvalue weighted by atomic mass is 10.1. The van der Waals surface area contributed by atoms with Gasteiger partial charge in [-0.15, -0.1) is 0 Å². The van der Waals surface area contributed by atoms with E-state index in [0.717, 1.165) is 0 Å². The molecule has 156 valence electrons. The second kappa shape index (κ2) is 9.59. The number of rotatable bonds is 6. The van der Waals surface area contributed by atoms with Gasteiger partial charge in [0.1, 0.15) is 5.57 Å². The van der Waals surface area contributed by atoms with E-state index in [1.807, 2.05) is 13.8 Å². The molecule has 0 aliphatic carbocycles. The number of carbonyl (C=O) groups excluding carboxylic acids is 2. The van der Waals surface area contributed by atoms with Crippen LogP contribution in [0, 0.1) is 0 Å². The Morgan fingerprint density at radius 3 is 2.40 bits per heavy atom. The molecule has 2 aromatic rings. The number of carbonyl (C=O) groups is 2. The Bertz CT molecular complexity index is 1060. The van der Waals surface area contributed by atoms with Crippen LogP contribution in [0.25, 0.3) is 6.08 Å². The summed E-state index contributed by atoms with van der Waals surface area (Å²) >= 11 is 14.9. The lowest BCUT2D eigenvalue weighted by molar-refractivity contribution is -0.122. The van der Waals surface area contributed by atoms with Crippen LogP contribution in [-0.2, 0) is 9.59 Å². The highest BCUT2D eigenvalue weighted by atomic mass is 79.9. The van der Waals surface area contributed by atoms with Gasteiger partial charge in [-0.3, -0.25) is 19.8 Å². The lowest BCUT2D eigenvalue weighted by Gasteiger charge is -2.29. The molecule has 0 unspecified atom stereocenters. The Kier molecular flexibility index (Phi) is 7.12. The third-order valence-corrected chi connectivity index (χ3v) is 5.45. The summed E-state index contributed by atoms with van der Waals surface area (Å²) in [5.41, 5.74) is 0.879. The van der Waals surface area contributed by atoms with Crippen molar-refractivity contribution in [2.24, 2.45) is 0 Å². The number of hydrogen-bond donors (Lipinski definition) is 1. The van der Waals surface area contributed by atoms with Crippen LogP contribution in [0.15, 0.2) is 46.4 Å². The minimum Gasteiger partial charge on any atom is -0.490 e. The van der Waals surface area contributed by atoms with Crippen molar-refractivity contribution in [1.29, 1.82) is 0 Å². The highest BCUT2D eigenvalue weighted by Crippen LogP contribution is 2.36. The van der Waals surface area contributed by atoms with Gasteiger partial charge in [-0.1, -0.05) is 39.7 Å². The fourth-order valence-electron chi connectivity index (χ4n) is 2.86. The second-order valence-corrected chi connectivity index (χ2v) is 7.74. The number of halogens is 2. The Balaban J connectivity index is 2.06. The normalized spacial score (nSPS) is 15.4. The van der Waals surface area contributed by atoms with Crippen molar-refractivity contribution < 1.29 is 19.1 Å². The zero-order valence-electron chi connectivity index (χ0n) is 16.2. The first-order valence-electron chi connectivity index (χ1n) is 9.12. The van der Waals surface area contributed by atoms with Gasteiger partial charge in [-0.05, 0) is 62.0 Å². The molecule has 0 radical (unpaired) electrons. The largest absolute Gasteiger partial charge is 0.490 e. The van der Waals surface area contributed by atoms with Gasteiger partial charge < -0.3 is 9.47 Å². The molecule has 0 aromatic heterocycles. The number of benzene rings is 2. The third kappa shape index (κ3) is 4.50. The maximum absolute atomic E-state index is 13.2. The molecule has 0 saturated carbocycles. The summed E-state index contributed by atoms with van der Waals surface area (Å²) in [6.45, 7) is 4.64. The van der Waals surface area contributed by atoms with Crippen LogP contribution >= 0.6 is 39.7 Å². The number of nitrogens with one attached hydrogen (secondary N) is 1. The first kappa shape index (κ1) is 22.3. The summed E-state index contributed by atoms with van der Waals surface area (Å²) in [5, 5.41) is 2.85. The fourth-order valence-corrected chi connectivity index (χ4v) is 3.79. The van der Waals surface area contributed by atoms with Crippen molar-refractivity contribution in [2.75, 3.05) is 18.1 Å². The van der Waals surface area contributed by atoms with Gasteiger partial charge in [0.15, 0.2) is 16.6 Å². The Morgan fingerprint density at radius 1 is 1.13 bits per heavy atom. The van der Waals surface area contributed by atoms with Crippen LogP contribution in [0.4, 0.5) is 5.69 Å². The van der Waals surface area contributed by atoms with Gasteiger partial charge in [-0.2, -0.15) is 0 Å². The molecular weight excluding hydrogens is 492 g/mol. The number of anilines is 1. The highest BCUT2D eigenvalue weighted by Gasteiger charge is 2.35. The van der Waals surface area contributed by atoms with E-state index in [-0.39, 0.29) is 10.7 Å². The summed E-state index contributed by atoms with van der Waals surface area (Å²) in [5.74, 6) is -0.0918. The monoisotopic (exact) mass is 508 g/mol. The Labute approximate surface area is 192 Å². The van der Waals surface area contributed by atoms with Crippen molar-refractivity contribution in [3.63, 3.8) is 0 Å². The van der Waals surface area contributed by atoms with Crippen molar-refractivity contribution in [2.45, 2.75) is 13.8 Å². The first-order chi connectivity index (χ1) is 14.4. The van der Waals surface area contributed by atoms with Crippen molar-refractivity contribution in [1.82, 2.24) is 5.32 Å². The van der Waals surface area contributed by atoms with Gasteiger partial charge in [-0.25, -0.2) is 0 Å². The number of ether oxygens (including phenoxy) is 2. The van der Waals surface area contributed by atoms with Crippen LogP contribution < -0.4 is 19.7 Å². The van der Waals surface area contributed by atoms with E-state index in [4.69, 9.17) is 33.3 Å².